The third-order valence-corrected chi connectivity index (χ3v) is 2.38. The highest BCUT2D eigenvalue weighted by atomic mass is 35.5. The van der Waals surface area contributed by atoms with Gasteiger partial charge >= 0.3 is 5.97 Å². The van der Waals surface area contributed by atoms with E-state index in [4.69, 9.17) is 16.3 Å². The van der Waals surface area contributed by atoms with Gasteiger partial charge in [0.05, 0.1) is 6.61 Å². The molecule has 1 aromatic heterocycles. The molecule has 1 heterocycles. The minimum absolute atomic E-state index is 0.355. The molecule has 0 aromatic carbocycles. The van der Waals surface area contributed by atoms with Crippen LogP contribution in [0.25, 0.3) is 5.03 Å². The van der Waals surface area contributed by atoms with Gasteiger partial charge in [0.25, 0.3) is 0 Å². The van der Waals surface area contributed by atoms with Gasteiger partial charge in [-0.05, 0) is 26.3 Å². The first-order chi connectivity index (χ1) is 6.99. The van der Waals surface area contributed by atoms with Gasteiger partial charge in [-0.15, -0.1) is 0 Å². The average Bonchev–Trinajstić information content (AvgIpc) is 2.42. The molecule has 0 aliphatic heterocycles. The standard InChI is InChI=1S/C11H14ClNO2/c1-5-15-11(14)10-6(2)9(7(3)12)8(4)13-10/h13H,3,5H2,1-2,4H3. The molecule has 0 aliphatic carbocycles. The molecule has 1 N–H and O–H groups in total. The van der Waals surface area contributed by atoms with Gasteiger partial charge in [0.15, 0.2) is 0 Å². The van der Waals surface area contributed by atoms with Crippen LogP contribution in [0.5, 0.6) is 0 Å². The van der Waals surface area contributed by atoms with E-state index in [9.17, 15) is 4.79 Å². The average molecular weight is 228 g/mol. The second kappa shape index (κ2) is 4.53. The summed E-state index contributed by atoms with van der Waals surface area (Å²) in [6, 6.07) is 0. The fourth-order valence-corrected chi connectivity index (χ4v) is 1.85. The van der Waals surface area contributed by atoms with Crippen LogP contribution < -0.4 is 0 Å². The first-order valence-electron chi connectivity index (χ1n) is 4.70. The molecule has 0 atom stereocenters. The molecule has 0 aliphatic rings. The number of hydrogen-bond acceptors (Lipinski definition) is 2. The van der Waals surface area contributed by atoms with E-state index in [1.54, 1.807) is 6.92 Å². The van der Waals surface area contributed by atoms with Crippen LogP contribution in [0, 0.1) is 13.8 Å². The Labute approximate surface area is 94.1 Å². The zero-order valence-corrected chi connectivity index (χ0v) is 9.86. The van der Waals surface area contributed by atoms with Crippen LogP contribution >= 0.6 is 11.6 Å². The van der Waals surface area contributed by atoms with Crippen molar-refractivity contribution in [2.45, 2.75) is 20.8 Å². The molecule has 0 unspecified atom stereocenters. The lowest BCUT2D eigenvalue weighted by Crippen LogP contribution is -2.06. The molecular formula is C11H14ClNO2. The third-order valence-electron chi connectivity index (χ3n) is 2.19. The summed E-state index contributed by atoms with van der Waals surface area (Å²) < 4.78 is 4.91. The highest BCUT2D eigenvalue weighted by Crippen LogP contribution is 2.27. The number of ether oxygens (including phenoxy) is 1. The molecule has 0 saturated carbocycles. The van der Waals surface area contributed by atoms with E-state index in [2.05, 4.69) is 11.6 Å². The summed E-state index contributed by atoms with van der Waals surface area (Å²) in [5, 5.41) is 0.428. The van der Waals surface area contributed by atoms with Gasteiger partial charge in [-0.3, -0.25) is 0 Å². The fourth-order valence-electron chi connectivity index (χ4n) is 1.56. The van der Waals surface area contributed by atoms with E-state index in [0.717, 1.165) is 16.8 Å². The summed E-state index contributed by atoms with van der Waals surface area (Å²) in [5.74, 6) is -0.359. The number of nitrogens with one attached hydrogen (secondary N) is 1. The Kier molecular flexibility index (Phi) is 3.58. The number of halogens is 1. The number of carbonyl (C=O) groups excluding carboxylic acids is 1. The van der Waals surface area contributed by atoms with Gasteiger partial charge in [0, 0.05) is 16.3 Å². The molecule has 0 spiro atoms. The van der Waals surface area contributed by atoms with E-state index in [1.807, 2.05) is 13.8 Å². The Bertz CT molecular complexity index is 407. The lowest BCUT2D eigenvalue weighted by atomic mass is 10.1. The van der Waals surface area contributed by atoms with Crippen molar-refractivity contribution in [1.29, 1.82) is 0 Å². The monoisotopic (exact) mass is 227 g/mol. The minimum Gasteiger partial charge on any atom is -0.461 e. The number of rotatable bonds is 3. The highest BCUT2D eigenvalue weighted by molar-refractivity contribution is 6.48. The fraction of sp³-hybridized carbons (Fsp3) is 0.364. The topological polar surface area (TPSA) is 42.1 Å². The van der Waals surface area contributed by atoms with Crippen molar-refractivity contribution in [3.05, 3.63) is 29.1 Å². The van der Waals surface area contributed by atoms with E-state index >= 15 is 0 Å². The zero-order chi connectivity index (χ0) is 11.6. The lowest BCUT2D eigenvalue weighted by Gasteiger charge is -2.00. The van der Waals surface area contributed by atoms with E-state index < -0.39 is 0 Å². The summed E-state index contributed by atoms with van der Waals surface area (Å²) in [4.78, 5) is 14.5. The van der Waals surface area contributed by atoms with Crippen molar-refractivity contribution < 1.29 is 9.53 Å². The number of carbonyl (C=O) groups is 1. The number of aryl methyl sites for hydroxylation is 1. The maximum atomic E-state index is 11.5. The molecule has 82 valence electrons. The van der Waals surface area contributed by atoms with Crippen molar-refractivity contribution in [3.8, 4) is 0 Å². The molecule has 1 rings (SSSR count). The summed E-state index contributed by atoms with van der Waals surface area (Å²) in [6.07, 6.45) is 0. The second-order valence-electron chi connectivity index (χ2n) is 3.25. The molecule has 0 fully saturated rings. The van der Waals surface area contributed by atoms with Crippen molar-refractivity contribution in [2.24, 2.45) is 0 Å². The van der Waals surface area contributed by atoms with Gasteiger partial charge in [-0.25, -0.2) is 4.79 Å². The Morgan fingerprint density at radius 1 is 1.53 bits per heavy atom. The molecule has 0 radical (unpaired) electrons. The van der Waals surface area contributed by atoms with Crippen molar-refractivity contribution >= 4 is 22.6 Å². The van der Waals surface area contributed by atoms with Gasteiger partial charge < -0.3 is 9.72 Å². The Morgan fingerprint density at radius 3 is 2.53 bits per heavy atom. The van der Waals surface area contributed by atoms with Crippen molar-refractivity contribution in [2.75, 3.05) is 6.61 Å². The molecule has 0 amide bonds. The van der Waals surface area contributed by atoms with Gasteiger partial charge in [0.2, 0.25) is 0 Å². The van der Waals surface area contributed by atoms with E-state index in [0.29, 0.717) is 17.3 Å². The summed E-state index contributed by atoms with van der Waals surface area (Å²) in [5.41, 5.74) is 2.85. The second-order valence-corrected chi connectivity index (χ2v) is 3.71. The predicted octanol–water partition coefficient (Wildman–Crippen LogP) is 3.02. The first kappa shape index (κ1) is 11.9. The van der Waals surface area contributed by atoms with Crippen LogP contribution in [0.15, 0.2) is 6.58 Å². The van der Waals surface area contributed by atoms with Crippen LogP contribution in [0.2, 0.25) is 0 Å². The third kappa shape index (κ3) is 2.23. The molecule has 0 bridgehead atoms. The Balaban J connectivity index is 3.17. The van der Waals surface area contributed by atoms with Gasteiger partial charge in [-0.2, -0.15) is 0 Å². The van der Waals surface area contributed by atoms with Crippen LogP contribution in [-0.2, 0) is 4.74 Å². The molecule has 4 heteroatoms. The molecule has 3 nitrogen and oxygen atoms in total. The van der Waals surface area contributed by atoms with Crippen molar-refractivity contribution in [3.63, 3.8) is 0 Å². The lowest BCUT2D eigenvalue weighted by molar-refractivity contribution is 0.0519. The molecular weight excluding hydrogens is 214 g/mol. The quantitative estimate of drug-likeness (QED) is 0.807. The molecule has 15 heavy (non-hydrogen) atoms. The van der Waals surface area contributed by atoms with Gasteiger partial charge in [0.1, 0.15) is 5.69 Å². The first-order valence-corrected chi connectivity index (χ1v) is 5.07. The highest BCUT2D eigenvalue weighted by Gasteiger charge is 2.18. The zero-order valence-electron chi connectivity index (χ0n) is 9.11. The number of aromatic nitrogens is 1. The number of H-pyrrole nitrogens is 1. The normalized spacial score (nSPS) is 10.1. The minimum atomic E-state index is -0.359. The van der Waals surface area contributed by atoms with Crippen LogP contribution in [0.4, 0.5) is 0 Å². The Morgan fingerprint density at radius 2 is 2.13 bits per heavy atom. The van der Waals surface area contributed by atoms with Crippen LogP contribution in [0.1, 0.15) is 34.2 Å². The van der Waals surface area contributed by atoms with E-state index in [-0.39, 0.29) is 5.97 Å². The number of hydrogen-bond donors (Lipinski definition) is 1. The van der Waals surface area contributed by atoms with Crippen molar-refractivity contribution in [1.82, 2.24) is 4.98 Å². The number of aromatic amines is 1. The van der Waals surface area contributed by atoms with Crippen LogP contribution in [0.3, 0.4) is 0 Å². The predicted molar refractivity (Wildman–Crippen MR) is 61.1 cm³/mol. The van der Waals surface area contributed by atoms with Gasteiger partial charge in [-0.1, -0.05) is 18.2 Å². The smallest absolute Gasteiger partial charge is 0.355 e. The molecule has 0 saturated heterocycles. The van der Waals surface area contributed by atoms with E-state index in [1.165, 1.54) is 0 Å². The summed E-state index contributed by atoms with van der Waals surface area (Å²) in [7, 11) is 0. The summed E-state index contributed by atoms with van der Waals surface area (Å²) in [6.45, 7) is 9.45. The summed E-state index contributed by atoms with van der Waals surface area (Å²) >= 11 is 5.84. The largest absolute Gasteiger partial charge is 0.461 e. The maximum absolute atomic E-state index is 11.5. The number of esters is 1. The van der Waals surface area contributed by atoms with Crippen LogP contribution in [-0.4, -0.2) is 17.6 Å². The molecule has 1 aromatic rings. The SMILES string of the molecule is C=C(Cl)c1c(C)[nH]c(C(=O)OCC)c1C. The maximum Gasteiger partial charge on any atom is 0.355 e. The Hall–Kier alpha value is -1.22.